The Hall–Kier alpha value is -1.65. The van der Waals surface area contributed by atoms with Gasteiger partial charge in [0.05, 0.1) is 0 Å². The summed E-state index contributed by atoms with van der Waals surface area (Å²) in [6.07, 6.45) is 1.43. The van der Waals surface area contributed by atoms with Gasteiger partial charge in [0.2, 0.25) is 5.78 Å². The Morgan fingerprint density at radius 3 is 3.00 bits per heavy atom. The van der Waals surface area contributed by atoms with Gasteiger partial charge in [0.1, 0.15) is 6.33 Å². The van der Waals surface area contributed by atoms with Crippen LogP contribution in [-0.2, 0) is 7.05 Å². The van der Waals surface area contributed by atoms with Gasteiger partial charge >= 0.3 is 0 Å². The summed E-state index contributed by atoms with van der Waals surface area (Å²) in [5, 5.41) is 3.97. The predicted octanol–water partition coefficient (Wildman–Crippen LogP) is -0.264. The quantitative estimate of drug-likeness (QED) is 0.539. The number of aromatic nitrogens is 4. The molecule has 5 nitrogen and oxygen atoms in total. The maximum Gasteiger partial charge on any atom is 0.254 e. The molecule has 0 N–H and O–H groups in total. The molecule has 0 saturated carbocycles. The zero-order chi connectivity index (χ0) is 8.72. The number of fused-ring (bicyclic) bond motifs is 1. The van der Waals surface area contributed by atoms with Crippen LogP contribution >= 0.6 is 0 Å². The molecule has 0 bridgehead atoms. The molecule has 0 amide bonds. The van der Waals surface area contributed by atoms with Crippen LogP contribution in [0.1, 0.15) is 5.69 Å². The van der Waals surface area contributed by atoms with Crippen molar-refractivity contribution in [1.82, 2.24) is 19.2 Å². The first-order valence-electron chi connectivity index (χ1n) is 3.56. The molecule has 2 rings (SSSR count). The van der Waals surface area contributed by atoms with Crippen molar-refractivity contribution in [3.8, 4) is 0 Å². The van der Waals surface area contributed by atoms with Gasteiger partial charge in [0.25, 0.3) is 5.56 Å². The van der Waals surface area contributed by atoms with Crippen molar-refractivity contribution in [2.75, 3.05) is 0 Å². The second-order valence-corrected chi connectivity index (χ2v) is 2.65. The molecule has 62 valence electrons. The summed E-state index contributed by atoms with van der Waals surface area (Å²) < 4.78 is 3.08. The lowest BCUT2D eigenvalue weighted by molar-refractivity contribution is 0.792. The van der Waals surface area contributed by atoms with Crippen molar-refractivity contribution >= 4 is 5.78 Å². The van der Waals surface area contributed by atoms with Gasteiger partial charge in [0, 0.05) is 18.8 Å². The Bertz CT molecular complexity index is 482. The molecule has 0 aliphatic rings. The highest BCUT2D eigenvalue weighted by molar-refractivity contribution is 5.28. The van der Waals surface area contributed by atoms with Crippen LogP contribution in [0.2, 0.25) is 0 Å². The summed E-state index contributed by atoms with van der Waals surface area (Å²) in [5.74, 6) is 0.569. The van der Waals surface area contributed by atoms with Gasteiger partial charge in [-0.1, -0.05) is 0 Å². The largest absolute Gasteiger partial charge is 0.280 e. The van der Waals surface area contributed by atoms with Crippen LogP contribution in [0.4, 0.5) is 0 Å². The lowest BCUT2D eigenvalue weighted by Crippen LogP contribution is -2.19. The molecular weight excluding hydrogens is 156 g/mol. The predicted molar refractivity (Wildman–Crippen MR) is 43.0 cm³/mol. The van der Waals surface area contributed by atoms with E-state index < -0.39 is 0 Å². The van der Waals surface area contributed by atoms with E-state index in [0.717, 1.165) is 5.69 Å². The smallest absolute Gasteiger partial charge is 0.254 e. The third-order valence-electron chi connectivity index (χ3n) is 1.83. The van der Waals surface area contributed by atoms with E-state index in [2.05, 4.69) is 10.1 Å². The van der Waals surface area contributed by atoms with Crippen molar-refractivity contribution in [3.63, 3.8) is 0 Å². The van der Waals surface area contributed by atoms with Gasteiger partial charge in [-0.3, -0.25) is 9.36 Å². The molecule has 2 heterocycles. The topological polar surface area (TPSA) is 52.2 Å². The molecule has 0 atom stereocenters. The molecule has 2 aromatic rings. The van der Waals surface area contributed by atoms with Crippen molar-refractivity contribution in [2.45, 2.75) is 6.92 Å². The average molecular weight is 164 g/mol. The normalized spacial score (nSPS) is 10.8. The third kappa shape index (κ3) is 0.761. The van der Waals surface area contributed by atoms with Crippen LogP contribution in [0.5, 0.6) is 0 Å². The number of rotatable bonds is 0. The summed E-state index contributed by atoms with van der Waals surface area (Å²) >= 11 is 0. The van der Waals surface area contributed by atoms with Gasteiger partial charge < -0.3 is 0 Å². The van der Waals surface area contributed by atoms with Crippen LogP contribution < -0.4 is 5.56 Å². The Labute approximate surface area is 68.3 Å². The molecule has 0 fully saturated rings. The molecular formula is C7H8N4O. The molecule has 0 unspecified atom stereocenters. The maximum atomic E-state index is 11.2. The number of nitrogens with zero attached hydrogens (tertiary/aromatic N) is 4. The summed E-state index contributed by atoms with van der Waals surface area (Å²) in [4.78, 5) is 15.2. The van der Waals surface area contributed by atoms with Gasteiger partial charge in [-0.2, -0.15) is 10.1 Å². The molecule has 2 aromatic heterocycles. The molecule has 0 aliphatic heterocycles. The van der Waals surface area contributed by atoms with E-state index in [1.54, 1.807) is 11.6 Å². The first-order valence-corrected chi connectivity index (χ1v) is 3.56. The van der Waals surface area contributed by atoms with Crippen molar-refractivity contribution in [2.24, 2.45) is 7.05 Å². The van der Waals surface area contributed by atoms with Crippen LogP contribution in [-0.4, -0.2) is 19.2 Å². The minimum Gasteiger partial charge on any atom is -0.280 e. The minimum atomic E-state index is -0.0620. The minimum absolute atomic E-state index is 0.0620. The highest BCUT2D eigenvalue weighted by Gasteiger charge is 2.03. The molecule has 0 aliphatic carbocycles. The first-order chi connectivity index (χ1) is 5.70. The average Bonchev–Trinajstić information content (AvgIpc) is 2.48. The summed E-state index contributed by atoms with van der Waals surface area (Å²) in [5.41, 5.74) is 0.735. The highest BCUT2D eigenvalue weighted by atomic mass is 16.1. The van der Waals surface area contributed by atoms with E-state index in [-0.39, 0.29) is 5.56 Å². The van der Waals surface area contributed by atoms with Crippen molar-refractivity contribution in [3.05, 3.63) is 28.4 Å². The Balaban J connectivity index is 3.07. The van der Waals surface area contributed by atoms with E-state index in [1.807, 2.05) is 6.92 Å². The van der Waals surface area contributed by atoms with Crippen LogP contribution in [0.3, 0.4) is 0 Å². The Kier molecular flexibility index (Phi) is 1.27. The number of aryl methyl sites for hydroxylation is 2. The number of hydrogen-bond acceptors (Lipinski definition) is 3. The zero-order valence-corrected chi connectivity index (χ0v) is 6.85. The van der Waals surface area contributed by atoms with Gasteiger partial charge in [-0.25, -0.2) is 4.52 Å². The fourth-order valence-electron chi connectivity index (χ4n) is 1.15. The summed E-state index contributed by atoms with van der Waals surface area (Å²) in [6, 6.07) is 1.53. The standard InChI is InChI=1S/C7H8N4O/c1-5-3-6(12)10(2)7-8-4-9-11(5)7/h3-4H,1-2H3. The summed E-state index contributed by atoms with van der Waals surface area (Å²) in [6.45, 7) is 1.82. The second-order valence-electron chi connectivity index (χ2n) is 2.65. The first kappa shape index (κ1) is 7.02. The van der Waals surface area contributed by atoms with E-state index in [4.69, 9.17) is 0 Å². The van der Waals surface area contributed by atoms with Gasteiger partial charge in [-0.15, -0.1) is 0 Å². The molecule has 0 saturated heterocycles. The molecule has 0 radical (unpaired) electrons. The van der Waals surface area contributed by atoms with Gasteiger partial charge in [-0.05, 0) is 6.92 Å². The van der Waals surface area contributed by atoms with Gasteiger partial charge in [0.15, 0.2) is 0 Å². The van der Waals surface area contributed by atoms with Crippen LogP contribution in [0.25, 0.3) is 5.78 Å². The van der Waals surface area contributed by atoms with Crippen LogP contribution in [0.15, 0.2) is 17.2 Å². The summed E-state index contributed by atoms with van der Waals surface area (Å²) in [7, 11) is 1.67. The Morgan fingerprint density at radius 1 is 1.50 bits per heavy atom. The van der Waals surface area contributed by atoms with Crippen molar-refractivity contribution in [1.29, 1.82) is 0 Å². The molecule has 0 spiro atoms. The van der Waals surface area contributed by atoms with Crippen molar-refractivity contribution < 1.29 is 0 Å². The maximum absolute atomic E-state index is 11.2. The fraction of sp³-hybridized carbons (Fsp3) is 0.286. The van der Waals surface area contributed by atoms with Crippen LogP contribution in [0, 0.1) is 6.92 Å². The Morgan fingerprint density at radius 2 is 2.25 bits per heavy atom. The van der Waals surface area contributed by atoms with E-state index in [0.29, 0.717) is 5.78 Å². The van der Waals surface area contributed by atoms with E-state index >= 15 is 0 Å². The second kappa shape index (κ2) is 2.17. The monoisotopic (exact) mass is 164 g/mol. The van der Waals surface area contributed by atoms with E-state index in [1.165, 1.54) is 17.0 Å². The lowest BCUT2D eigenvalue weighted by Gasteiger charge is -2.00. The molecule has 12 heavy (non-hydrogen) atoms. The SMILES string of the molecule is Cc1cc(=O)n(C)c2ncnn12. The highest BCUT2D eigenvalue weighted by Crippen LogP contribution is 1.96. The molecule has 5 heteroatoms. The number of hydrogen-bond donors (Lipinski definition) is 0. The zero-order valence-electron chi connectivity index (χ0n) is 6.85. The molecule has 0 aromatic carbocycles. The lowest BCUT2D eigenvalue weighted by atomic mass is 10.4. The fourth-order valence-corrected chi connectivity index (χ4v) is 1.15. The third-order valence-corrected chi connectivity index (χ3v) is 1.83. The van der Waals surface area contributed by atoms with E-state index in [9.17, 15) is 4.79 Å².